The highest BCUT2D eigenvalue weighted by Gasteiger charge is 2.09. The fraction of sp³-hybridized carbons (Fsp3) is 0.267. The number of nitrogens with zero attached hydrogens (tertiary/aromatic N) is 1. The molecule has 1 aromatic carbocycles. The van der Waals surface area contributed by atoms with Gasteiger partial charge in [-0.2, -0.15) is 0 Å². The van der Waals surface area contributed by atoms with E-state index in [9.17, 15) is 9.59 Å². The van der Waals surface area contributed by atoms with Gasteiger partial charge in [0.15, 0.2) is 5.13 Å². The van der Waals surface area contributed by atoms with Crippen molar-refractivity contribution >= 4 is 34.1 Å². The third kappa shape index (κ3) is 4.56. The fourth-order valence-electron chi connectivity index (χ4n) is 1.73. The van der Waals surface area contributed by atoms with Gasteiger partial charge in [-0.15, -0.1) is 11.3 Å². The molecular weight excluding hydrogens is 304 g/mol. The van der Waals surface area contributed by atoms with E-state index in [1.807, 2.05) is 6.92 Å². The van der Waals surface area contributed by atoms with Crippen LogP contribution < -0.4 is 5.32 Å². The van der Waals surface area contributed by atoms with Gasteiger partial charge in [-0.1, -0.05) is 13.0 Å². The second-order valence-corrected chi connectivity index (χ2v) is 5.41. The highest BCUT2D eigenvalue weighted by atomic mass is 32.1. The molecule has 0 spiro atoms. The Bertz CT molecular complexity index is 669. The standard InChI is InChI=1S/C15H16N2O4S/c1-2-6-21-14(20)10-4-3-5-11(7-10)16-15-17-12(9-22-15)8-13(18)19/h3-5,7,9H,2,6,8H2,1H3,(H,16,17)(H,18,19). The number of esters is 1. The van der Waals surface area contributed by atoms with Crippen LogP contribution in [0.15, 0.2) is 29.6 Å². The van der Waals surface area contributed by atoms with Crippen molar-refractivity contribution in [3.05, 3.63) is 40.9 Å². The number of carboxylic acid groups (broad SMARTS) is 1. The summed E-state index contributed by atoms with van der Waals surface area (Å²) in [4.78, 5) is 26.6. The first-order chi connectivity index (χ1) is 10.6. The van der Waals surface area contributed by atoms with Crippen LogP contribution in [0.25, 0.3) is 0 Å². The zero-order valence-electron chi connectivity index (χ0n) is 12.0. The number of aromatic nitrogens is 1. The van der Waals surface area contributed by atoms with E-state index in [2.05, 4.69) is 10.3 Å². The van der Waals surface area contributed by atoms with Crippen LogP contribution in [-0.4, -0.2) is 28.6 Å². The zero-order valence-corrected chi connectivity index (χ0v) is 12.9. The maximum absolute atomic E-state index is 11.8. The lowest BCUT2D eigenvalue weighted by molar-refractivity contribution is -0.136. The van der Waals surface area contributed by atoms with Crippen molar-refractivity contribution < 1.29 is 19.4 Å². The van der Waals surface area contributed by atoms with E-state index >= 15 is 0 Å². The minimum atomic E-state index is -0.919. The summed E-state index contributed by atoms with van der Waals surface area (Å²) in [6.07, 6.45) is 0.663. The van der Waals surface area contributed by atoms with E-state index in [-0.39, 0.29) is 12.4 Å². The molecule has 2 N–H and O–H groups in total. The number of carboxylic acids is 1. The molecule has 1 aromatic heterocycles. The number of aliphatic carboxylic acids is 1. The van der Waals surface area contributed by atoms with E-state index < -0.39 is 5.97 Å². The van der Waals surface area contributed by atoms with Crippen LogP contribution >= 0.6 is 11.3 Å². The van der Waals surface area contributed by atoms with Gasteiger partial charge in [0.25, 0.3) is 0 Å². The molecule has 0 amide bonds. The Morgan fingerprint density at radius 1 is 1.41 bits per heavy atom. The molecule has 0 radical (unpaired) electrons. The molecule has 1 heterocycles. The van der Waals surface area contributed by atoms with E-state index in [1.54, 1.807) is 29.6 Å². The van der Waals surface area contributed by atoms with Crippen molar-refractivity contribution in [1.29, 1.82) is 0 Å². The summed E-state index contributed by atoms with van der Waals surface area (Å²) in [7, 11) is 0. The van der Waals surface area contributed by atoms with E-state index in [0.717, 1.165) is 6.42 Å². The van der Waals surface area contributed by atoms with Gasteiger partial charge in [0.2, 0.25) is 0 Å². The molecule has 2 rings (SSSR count). The SMILES string of the molecule is CCCOC(=O)c1cccc(Nc2nc(CC(=O)O)cs2)c1. The average molecular weight is 320 g/mol. The first-order valence-corrected chi connectivity index (χ1v) is 7.67. The normalized spacial score (nSPS) is 10.2. The highest BCUT2D eigenvalue weighted by Crippen LogP contribution is 2.22. The minimum absolute atomic E-state index is 0.110. The summed E-state index contributed by atoms with van der Waals surface area (Å²) in [6.45, 7) is 2.32. The maximum Gasteiger partial charge on any atom is 0.338 e. The first kappa shape index (κ1) is 16.0. The molecular formula is C15H16N2O4S. The second kappa shape index (κ2) is 7.56. The van der Waals surface area contributed by atoms with E-state index in [0.29, 0.717) is 28.7 Å². The Kier molecular flexibility index (Phi) is 5.48. The lowest BCUT2D eigenvalue weighted by Gasteiger charge is -2.06. The van der Waals surface area contributed by atoms with Crippen LogP contribution in [0.3, 0.4) is 0 Å². The van der Waals surface area contributed by atoms with Gasteiger partial charge in [-0.05, 0) is 24.6 Å². The highest BCUT2D eigenvalue weighted by molar-refractivity contribution is 7.13. The number of hydrogen-bond donors (Lipinski definition) is 2. The molecule has 0 saturated heterocycles. The van der Waals surface area contributed by atoms with Gasteiger partial charge in [0.1, 0.15) is 0 Å². The Hall–Kier alpha value is -2.41. The maximum atomic E-state index is 11.8. The smallest absolute Gasteiger partial charge is 0.338 e. The lowest BCUT2D eigenvalue weighted by atomic mass is 10.2. The van der Waals surface area contributed by atoms with Gasteiger partial charge in [-0.25, -0.2) is 9.78 Å². The number of carbonyl (C=O) groups excluding carboxylic acids is 1. The van der Waals surface area contributed by atoms with Crippen molar-refractivity contribution in [3.63, 3.8) is 0 Å². The van der Waals surface area contributed by atoms with Crippen LogP contribution in [0.4, 0.5) is 10.8 Å². The van der Waals surface area contributed by atoms with Gasteiger partial charge >= 0.3 is 11.9 Å². The Morgan fingerprint density at radius 2 is 2.23 bits per heavy atom. The number of hydrogen-bond acceptors (Lipinski definition) is 6. The summed E-state index contributed by atoms with van der Waals surface area (Å²) < 4.78 is 5.09. The first-order valence-electron chi connectivity index (χ1n) is 6.79. The number of anilines is 2. The Balaban J connectivity index is 2.05. The van der Waals surface area contributed by atoms with Crippen molar-refractivity contribution in [2.75, 3.05) is 11.9 Å². The molecule has 0 unspecified atom stereocenters. The van der Waals surface area contributed by atoms with Gasteiger partial charge in [-0.3, -0.25) is 4.79 Å². The Labute approximate surface area is 131 Å². The summed E-state index contributed by atoms with van der Waals surface area (Å²) >= 11 is 1.31. The molecule has 0 aliphatic rings. The average Bonchev–Trinajstić information content (AvgIpc) is 2.91. The predicted octanol–water partition coefficient (Wildman–Crippen LogP) is 3.08. The Morgan fingerprint density at radius 3 is 2.95 bits per heavy atom. The van der Waals surface area contributed by atoms with E-state index in [1.165, 1.54) is 11.3 Å². The number of ether oxygens (including phenoxy) is 1. The number of carbonyl (C=O) groups is 2. The van der Waals surface area contributed by atoms with Crippen LogP contribution in [-0.2, 0) is 16.0 Å². The van der Waals surface area contributed by atoms with Crippen LogP contribution in [0.1, 0.15) is 29.4 Å². The van der Waals surface area contributed by atoms with E-state index in [4.69, 9.17) is 9.84 Å². The molecule has 22 heavy (non-hydrogen) atoms. The largest absolute Gasteiger partial charge is 0.481 e. The molecule has 116 valence electrons. The third-order valence-electron chi connectivity index (χ3n) is 2.67. The topological polar surface area (TPSA) is 88.5 Å². The van der Waals surface area contributed by atoms with Crippen molar-refractivity contribution in [2.24, 2.45) is 0 Å². The molecule has 0 bridgehead atoms. The quantitative estimate of drug-likeness (QED) is 0.762. The summed E-state index contributed by atoms with van der Waals surface area (Å²) in [5, 5.41) is 14.1. The third-order valence-corrected chi connectivity index (χ3v) is 3.48. The molecule has 0 saturated carbocycles. The van der Waals surface area contributed by atoms with Crippen molar-refractivity contribution in [3.8, 4) is 0 Å². The van der Waals surface area contributed by atoms with Crippen LogP contribution in [0, 0.1) is 0 Å². The monoisotopic (exact) mass is 320 g/mol. The lowest BCUT2D eigenvalue weighted by Crippen LogP contribution is -2.06. The van der Waals surface area contributed by atoms with Crippen LogP contribution in [0.5, 0.6) is 0 Å². The molecule has 2 aromatic rings. The number of rotatable bonds is 7. The van der Waals surface area contributed by atoms with Gasteiger partial charge in [0, 0.05) is 11.1 Å². The molecule has 0 atom stereocenters. The van der Waals surface area contributed by atoms with Gasteiger partial charge in [0.05, 0.1) is 24.3 Å². The summed E-state index contributed by atoms with van der Waals surface area (Å²) in [5.41, 5.74) is 1.65. The number of benzene rings is 1. The molecule has 0 fully saturated rings. The second-order valence-electron chi connectivity index (χ2n) is 4.56. The molecule has 0 aliphatic carbocycles. The summed E-state index contributed by atoms with van der Waals surface area (Å²) in [5.74, 6) is -1.28. The molecule has 6 nitrogen and oxygen atoms in total. The zero-order chi connectivity index (χ0) is 15.9. The predicted molar refractivity (Wildman–Crippen MR) is 83.8 cm³/mol. The minimum Gasteiger partial charge on any atom is -0.481 e. The van der Waals surface area contributed by atoms with Crippen molar-refractivity contribution in [1.82, 2.24) is 4.98 Å². The van der Waals surface area contributed by atoms with Crippen LogP contribution in [0.2, 0.25) is 0 Å². The summed E-state index contributed by atoms with van der Waals surface area (Å²) in [6, 6.07) is 6.91. The number of nitrogens with one attached hydrogen (secondary N) is 1. The molecule has 7 heteroatoms. The van der Waals surface area contributed by atoms with Gasteiger partial charge < -0.3 is 15.2 Å². The molecule has 0 aliphatic heterocycles. The fourth-order valence-corrected chi connectivity index (χ4v) is 2.46. The van der Waals surface area contributed by atoms with Crippen molar-refractivity contribution in [2.45, 2.75) is 19.8 Å². The number of thiazole rings is 1.